The molecule has 8 heteroatoms. The molecule has 38 heavy (non-hydrogen) atoms. The second-order valence-electron chi connectivity index (χ2n) is 12.7. The summed E-state index contributed by atoms with van der Waals surface area (Å²) in [6.07, 6.45) is 11.2. The summed E-state index contributed by atoms with van der Waals surface area (Å²) in [5.41, 5.74) is -1.41. The molecular formula is C30H51N3O5. The summed E-state index contributed by atoms with van der Waals surface area (Å²) < 4.78 is 0. The number of rotatable bonds is 9. The van der Waals surface area contributed by atoms with Crippen molar-refractivity contribution in [3.63, 3.8) is 0 Å². The Bertz CT molecular complexity index is 828. The first-order valence-electron chi connectivity index (χ1n) is 14.9. The second-order valence-corrected chi connectivity index (χ2v) is 12.7. The Morgan fingerprint density at radius 3 is 2.76 bits per heavy atom. The molecule has 0 spiro atoms. The molecule has 8 atom stereocenters. The first kappa shape index (κ1) is 31.0. The van der Waals surface area contributed by atoms with Gasteiger partial charge in [-0.15, -0.1) is 5.92 Å². The monoisotopic (exact) mass is 533 g/mol. The van der Waals surface area contributed by atoms with Gasteiger partial charge in [0, 0.05) is 49.0 Å². The normalized spacial score (nSPS) is 37.7. The van der Waals surface area contributed by atoms with E-state index in [-0.39, 0.29) is 42.6 Å². The predicted octanol–water partition coefficient (Wildman–Crippen LogP) is 2.75. The molecule has 6 N–H and O–H groups in total. The molecule has 2 saturated heterocycles. The van der Waals surface area contributed by atoms with E-state index in [2.05, 4.69) is 34.7 Å². The molecule has 0 saturated carbocycles. The zero-order chi connectivity index (χ0) is 27.6. The zero-order valence-electron chi connectivity index (χ0n) is 23.5. The van der Waals surface area contributed by atoms with Crippen molar-refractivity contribution in [1.82, 2.24) is 16.0 Å². The van der Waals surface area contributed by atoms with Gasteiger partial charge >= 0.3 is 5.97 Å². The quantitative estimate of drug-likeness (QED) is 0.197. The van der Waals surface area contributed by atoms with Crippen molar-refractivity contribution in [2.45, 2.75) is 139 Å². The van der Waals surface area contributed by atoms with E-state index in [9.17, 15) is 24.9 Å². The minimum atomic E-state index is -1.26. The molecule has 0 aromatic carbocycles. The Balaban J connectivity index is 1.64. The lowest BCUT2D eigenvalue weighted by atomic mass is 9.82. The summed E-state index contributed by atoms with van der Waals surface area (Å²) in [7, 11) is 0. The van der Waals surface area contributed by atoms with Crippen LogP contribution in [0.4, 0.5) is 0 Å². The average molecular weight is 534 g/mol. The van der Waals surface area contributed by atoms with Gasteiger partial charge in [0.15, 0.2) is 0 Å². The van der Waals surface area contributed by atoms with Crippen LogP contribution in [-0.2, 0) is 9.59 Å². The largest absolute Gasteiger partial charge is 0.481 e. The van der Waals surface area contributed by atoms with Crippen molar-refractivity contribution in [3.05, 3.63) is 0 Å². The fraction of sp³-hybridized carbons (Fsp3) is 0.867. The van der Waals surface area contributed by atoms with Crippen molar-refractivity contribution in [2.75, 3.05) is 13.1 Å². The van der Waals surface area contributed by atoms with Gasteiger partial charge in [0.25, 0.3) is 0 Å². The van der Waals surface area contributed by atoms with Gasteiger partial charge in [0.05, 0.1) is 18.1 Å². The third-order valence-corrected chi connectivity index (χ3v) is 9.09. The zero-order valence-corrected chi connectivity index (χ0v) is 23.5. The molecule has 0 aromatic rings. The maximum absolute atomic E-state index is 11.5. The molecular weight excluding hydrogens is 482 g/mol. The Kier molecular flexibility index (Phi) is 12.1. The summed E-state index contributed by atoms with van der Waals surface area (Å²) in [4.78, 5) is 23.0. The molecule has 3 aliphatic rings. The lowest BCUT2D eigenvalue weighted by Gasteiger charge is -2.41. The van der Waals surface area contributed by atoms with Crippen molar-refractivity contribution < 1.29 is 24.9 Å². The number of nitrogens with one attached hydrogen (secondary N) is 3. The van der Waals surface area contributed by atoms with Crippen LogP contribution in [0.3, 0.4) is 0 Å². The summed E-state index contributed by atoms with van der Waals surface area (Å²) >= 11 is 0. The highest BCUT2D eigenvalue weighted by Crippen LogP contribution is 2.29. The number of carboxylic acid groups (broad SMARTS) is 1. The Morgan fingerprint density at radius 2 is 2.03 bits per heavy atom. The van der Waals surface area contributed by atoms with Gasteiger partial charge in [-0.2, -0.15) is 0 Å². The molecule has 2 bridgehead atoms. The Hall–Kier alpha value is -1.50. The molecule has 0 aromatic heterocycles. The number of hydrogen-bond acceptors (Lipinski definition) is 7. The lowest BCUT2D eigenvalue weighted by Crippen LogP contribution is -2.57. The maximum atomic E-state index is 11.5. The number of β-amino-alcohol motifs (C(OH)–C–C–N with tert-alkyl or cyclic N) is 1. The van der Waals surface area contributed by atoms with E-state index in [0.717, 1.165) is 83.5 Å². The molecule has 3 heterocycles. The number of carbonyl (C=O) groups excluding carboxylic acids is 1. The average Bonchev–Trinajstić information content (AvgIpc) is 2.85. The van der Waals surface area contributed by atoms with Gasteiger partial charge in [-0.25, -0.2) is 0 Å². The summed E-state index contributed by atoms with van der Waals surface area (Å²) in [6, 6.07) is 0.685. The minimum absolute atomic E-state index is 0.0845. The summed E-state index contributed by atoms with van der Waals surface area (Å²) in [6.45, 7) is 5.35. The summed E-state index contributed by atoms with van der Waals surface area (Å²) in [5.74, 6) is 6.59. The van der Waals surface area contributed by atoms with Crippen molar-refractivity contribution in [3.8, 4) is 11.8 Å². The number of carbonyl (C=O) groups is 2. The first-order chi connectivity index (χ1) is 18.1. The van der Waals surface area contributed by atoms with Crippen LogP contribution >= 0.6 is 0 Å². The third-order valence-electron chi connectivity index (χ3n) is 9.09. The molecule has 3 rings (SSSR count). The smallest absolute Gasteiger partial charge is 0.306 e. The molecule has 3 aliphatic heterocycles. The number of piperidine rings is 2. The summed E-state index contributed by atoms with van der Waals surface area (Å²) in [5, 5.41) is 41.3. The SMILES string of the molecule is CC1NC(CC(CC=O)CCC2C#CCC3CC(C)(CCN3)NCC(O)(CC(=O)O)CCCC2)CCC1O. The number of aliphatic carboxylic acids is 1. The maximum Gasteiger partial charge on any atom is 0.306 e. The van der Waals surface area contributed by atoms with E-state index in [1.54, 1.807) is 0 Å². The predicted molar refractivity (Wildman–Crippen MR) is 149 cm³/mol. The van der Waals surface area contributed by atoms with Crippen LogP contribution in [0.5, 0.6) is 0 Å². The van der Waals surface area contributed by atoms with Crippen LogP contribution in [0.2, 0.25) is 0 Å². The third kappa shape index (κ3) is 10.2. The lowest BCUT2D eigenvalue weighted by molar-refractivity contribution is -0.143. The number of carboxylic acids is 1. The van der Waals surface area contributed by atoms with Crippen LogP contribution in [-0.4, -0.2) is 76.0 Å². The van der Waals surface area contributed by atoms with Crippen molar-refractivity contribution in [1.29, 1.82) is 0 Å². The molecule has 0 aliphatic carbocycles. The number of aldehydes is 1. The van der Waals surface area contributed by atoms with Crippen molar-refractivity contribution in [2.24, 2.45) is 11.8 Å². The Labute approximate surface area is 229 Å². The van der Waals surface area contributed by atoms with Gasteiger partial charge in [-0.05, 0) is 84.1 Å². The minimum Gasteiger partial charge on any atom is -0.481 e. The molecule has 0 radical (unpaired) electrons. The highest BCUT2D eigenvalue weighted by Gasteiger charge is 2.36. The van der Waals surface area contributed by atoms with Gasteiger partial charge < -0.3 is 36.1 Å². The molecule has 216 valence electrons. The fourth-order valence-corrected chi connectivity index (χ4v) is 6.62. The topological polar surface area (TPSA) is 131 Å². The number of aliphatic hydroxyl groups is 2. The highest BCUT2D eigenvalue weighted by molar-refractivity contribution is 5.68. The number of hydrogen-bond donors (Lipinski definition) is 6. The van der Waals surface area contributed by atoms with E-state index in [0.29, 0.717) is 24.8 Å². The molecule has 0 amide bonds. The van der Waals surface area contributed by atoms with E-state index < -0.39 is 11.6 Å². The van der Waals surface area contributed by atoms with E-state index >= 15 is 0 Å². The van der Waals surface area contributed by atoms with Crippen LogP contribution in [0.15, 0.2) is 0 Å². The number of aliphatic hydroxyl groups excluding tert-OH is 1. The molecule has 2 fully saturated rings. The molecule has 8 unspecified atom stereocenters. The van der Waals surface area contributed by atoms with E-state index in [1.807, 2.05) is 6.92 Å². The molecule has 8 nitrogen and oxygen atoms in total. The standard InChI is InChI=1S/C30H51N3O5/c1-22-27(35)12-11-25(33-22)18-24(13-17-34)10-9-23-6-3-4-14-30(38,20-28(36)37)21-32-29(2)15-16-31-26(19-29)8-5-7-23/h17,22-27,31-33,35,38H,3-4,6,8-16,18-21H2,1-2H3,(H,36,37). The number of fused-ring (bicyclic) bond motifs is 2. The van der Waals surface area contributed by atoms with Crippen LogP contribution in [0, 0.1) is 23.7 Å². The first-order valence-corrected chi connectivity index (χ1v) is 14.9. The van der Waals surface area contributed by atoms with Gasteiger partial charge in [-0.1, -0.05) is 18.8 Å². The van der Waals surface area contributed by atoms with Crippen LogP contribution in [0.25, 0.3) is 0 Å². The van der Waals surface area contributed by atoms with Gasteiger partial charge in [0.1, 0.15) is 6.29 Å². The highest BCUT2D eigenvalue weighted by atomic mass is 16.4. The van der Waals surface area contributed by atoms with Crippen LogP contribution in [0.1, 0.15) is 104 Å². The van der Waals surface area contributed by atoms with Crippen molar-refractivity contribution >= 4 is 12.3 Å². The fourth-order valence-electron chi connectivity index (χ4n) is 6.62. The van der Waals surface area contributed by atoms with Crippen LogP contribution < -0.4 is 16.0 Å². The second kappa shape index (κ2) is 14.8. The Morgan fingerprint density at radius 1 is 1.21 bits per heavy atom. The van der Waals surface area contributed by atoms with E-state index in [4.69, 9.17) is 0 Å². The van der Waals surface area contributed by atoms with E-state index in [1.165, 1.54) is 0 Å². The van der Waals surface area contributed by atoms with Gasteiger partial charge in [0.2, 0.25) is 0 Å². The van der Waals surface area contributed by atoms with Gasteiger partial charge in [-0.3, -0.25) is 4.79 Å².